The number of nitrogens with two attached hydrogens (primary N) is 1. The molecule has 0 aliphatic rings. The van der Waals surface area contributed by atoms with E-state index in [0.29, 0.717) is 13.1 Å². The van der Waals surface area contributed by atoms with E-state index in [0.717, 1.165) is 6.42 Å². The van der Waals surface area contributed by atoms with E-state index in [2.05, 4.69) is 0 Å². The molecule has 0 aliphatic carbocycles. The lowest BCUT2D eigenvalue weighted by molar-refractivity contribution is 0.0241. The van der Waals surface area contributed by atoms with E-state index in [9.17, 15) is 4.79 Å². The van der Waals surface area contributed by atoms with Crippen molar-refractivity contribution >= 4 is 6.09 Å². The molecule has 0 unspecified atom stereocenters. The molecule has 2 N–H and O–H groups in total. The Morgan fingerprint density at radius 2 is 2.00 bits per heavy atom. The largest absolute Gasteiger partial charge is 0.444 e. The third-order valence-electron chi connectivity index (χ3n) is 1.65. The van der Waals surface area contributed by atoms with Crippen LogP contribution in [-0.2, 0) is 4.74 Å². The van der Waals surface area contributed by atoms with Gasteiger partial charge in [0.05, 0.1) is 0 Å². The van der Waals surface area contributed by atoms with Crippen LogP contribution in [0.25, 0.3) is 0 Å². The number of amides is 1. The van der Waals surface area contributed by atoms with Crippen molar-refractivity contribution in [3.05, 3.63) is 0 Å². The Bertz CT molecular complexity index is 197. The lowest BCUT2D eigenvalue weighted by atomic mass is 10.2. The van der Waals surface area contributed by atoms with Crippen molar-refractivity contribution in [3.8, 4) is 0 Å². The standard InChI is InChI=1S/C11H24N2O2/c1-6-7-13(8-9(2)12)10(14)15-11(3,4)5/h9H,6-8,12H2,1-5H3/t9-/m0/s1. The van der Waals surface area contributed by atoms with Gasteiger partial charge < -0.3 is 15.4 Å². The molecule has 0 saturated carbocycles. The summed E-state index contributed by atoms with van der Waals surface area (Å²) in [7, 11) is 0. The van der Waals surface area contributed by atoms with E-state index in [-0.39, 0.29) is 12.1 Å². The molecule has 0 aromatic rings. The van der Waals surface area contributed by atoms with Gasteiger partial charge >= 0.3 is 6.09 Å². The van der Waals surface area contributed by atoms with E-state index in [4.69, 9.17) is 10.5 Å². The number of carbonyl (C=O) groups excluding carboxylic acids is 1. The highest BCUT2D eigenvalue weighted by atomic mass is 16.6. The Labute approximate surface area is 92.8 Å². The van der Waals surface area contributed by atoms with Gasteiger partial charge in [0.1, 0.15) is 5.60 Å². The summed E-state index contributed by atoms with van der Waals surface area (Å²) in [6, 6.07) is -0.0240. The van der Waals surface area contributed by atoms with Crippen LogP contribution in [0.5, 0.6) is 0 Å². The van der Waals surface area contributed by atoms with E-state index >= 15 is 0 Å². The molecule has 0 aromatic heterocycles. The van der Waals surface area contributed by atoms with Crippen molar-refractivity contribution < 1.29 is 9.53 Å². The fourth-order valence-corrected chi connectivity index (χ4v) is 1.20. The summed E-state index contributed by atoms with van der Waals surface area (Å²) in [5.41, 5.74) is 5.23. The number of rotatable bonds is 4. The van der Waals surface area contributed by atoms with Crippen LogP contribution in [0.3, 0.4) is 0 Å². The summed E-state index contributed by atoms with van der Waals surface area (Å²) in [5, 5.41) is 0. The Hall–Kier alpha value is -0.770. The summed E-state index contributed by atoms with van der Waals surface area (Å²) >= 11 is 0. The van der Waals surface area contributed by atoms with Crippen LogP contribution < -0.4 is 5.73 Å². The zero-order chi connectivity index (χ0) is 12.1. The highest BCUT2D eigenvalue weighted by molar-refractivity contribution is 5.68. The van der Waals surface area contributed by atoms with Gasteiger partial charge in [-0.1, -0.05) is 6.92 Å². The minimum Gasteiger partial charge on any atom is -0.444 e. The van der Waals surface area contributed by atoms with Gasteiger partial charge in [-0.05, 0) is 34.1 Å². The van der Waals surface area contributed by atoms with Gasteiger partial charge in [0.2, 0.25) is 0 Å². The third-order valence-corrected chi connectivity index (χ3v) is 1.65. The van der Waals surface area contributed by atoms with Crippen molar-refractivity contribution in [1.29, 1.82) is 0 Å². The Balaban J connectivity index is 4.28. The summed E-state index contributed by atoms with van der Waals surface area (Å²) in [6.45, 7) is 10.7. The van der Waals surface area contributed by atoms with Gasteiger partial charge in [-0.25, -0.2) is 4.79 Å². The number of hydrogen-bond donors (Lipinski definition) is 1. The Morgan fingerprint density at radius 1 is 1.47 bits per heavy atom. The molecule has 1 amide bonds. The van der Waals surface area contributed by atoms with Gasteiger partial charge in [-0.3, -0.25) is 0 Å². The van der Waals surface area contributed by atoms with Crippen LogP contribution in [0.4, 0.5) is 4.79 Å². The number of nitrogens with zero attached hydrogens (tertiary/aromatic N) is 1. The van der Waals surface area contributed by atoms with E-state index < -0.39 is 5.60 Å². The van der Waals surface area contributed by atoms with Gasteiger partial charge in [-0.2, -0.15) is 0 Å². The molecule has 0 fully saturated rings. The van der Waals surface area contributed by atoms with Gasteiger partial charge in [0.25, 0.3) is 0 Å². The molecule has 0 spiro atoms. The van der Waals surface area contributed by atoms with E-state index in [1.807, 2.05) is 34.6 Å². The molecule has 0 aliphatic heterocycles. The zero-order valence-electron chi connectivity index (χ0n) is 10.5. The van der Waals surface area contributed by atoms with Crippen LogP contribution in [0.15, 0.2) is 0 Å². The highest BCUT2D eigenvalue weighted by Gasteiger charge is 2.21. The summed E-state index contributed by atoms with van der Waals surface area (Å²) < 4.78 is 5.28. The van der Waals surface area contributed by atoms with Crippen LogP contribution in [0.1, 0.15) is 41.0 Å². The predicted octanol–water partition coefficient (Wildman–Crippen LogP) is 1.98. The topological polar surface area (TPSA) is 55.6 Å². The minimum atomic E-state index is -0.444. The SMILES string of the molecule is CCCN(C[C@H](C)N)C(=O)OC(C)(C)C. The Kier molecular flexibility index (Phi) is 5.65. The van der Waals surface area contributed by atoms with Crippen molar-refractivity contribution in [3.63, 3.8) is 0 Å². The molecule has 4 heteroatoms. The molecule has 0 saturated heterocycles. The second-order valence-electron chi connectivity index (χ2n) is 4.90. The molecule has 1 atom stereocenters. The monoisotopic (exact) mass is 216 g/mol. The van der Waals surface area contributed by atoms with Crippen LogP contribution >= 0.6 is 0 Å². The summed E-state index contributed by atoms with van der Waals surface area (Å²) in [4.78, 5) is 13.4. The molecule has 0 aromatic carbocycles. The van der Waals surface area contributed by atoms with Crippen LogP contribution in [0, 0.1) is 0 Å². The molecule has 15 heavy (non-hydrogen) atoms. The molecule has 0 bridgehead atoms. The third kappa shape index (κ3) is 7.19. The first-order chi connectivity index (χ1) is 6.76. The maximum Gasteiger partial charge on any atom is 0.410 e. The van der Waals surface area contributed by atoms with Gasteiger partial charge in [0, 0.05) is 19.1 Å². The molecule has 4 nitrogen and oxygen atoms in total. The summed E-state index contributed by atoms with van der Waals surface area (Å²) in [6.07, 6.45) is 0.632. The molecule has 90 valence electrons. The van der Waals surface area contributed by atoms with E-state index in [1.54, 1.807) is 4.90 Å². The lowest BCUT2D eigenvalue weighted by Gasteiger charge is -2.28. The zero-order valence-corrected chi connectivity index (χ0v) is 10.5. The number of ether oxygens (including phenoxy) is 1. The smallest absolute Gasteiger partial charge is 0.410 e. The lowest BCUT2D eigenvalue weighted by Crippen LogP contribution is -2.43. The molecule has 0 rings (SSSR count). The van der Waals surface area contributed by atoms with Crippen molar-refractivity contribution in [2.75, 3.05) is 13.1 Å². The molecular formula is C11H24N2O2. The first-order valence-corrected chi connectivity index (χ1v) is 5.49. The van der Waals surface area contributed by atoms with Gasteiger partial charge in [-0.15, -0.1) is 0 Å². The normalized spacial score (nSPS) is 13.5. The average Bonchev–Trinajstić information content (AvgIpc) is 1.99. The number of carbonyl (C=O) groups is 1. The van der Waals surface area contributed by atoms with E-state index in [1.165, 1.54) is 0 Å². The maximum absolute atomic E-state index is 11.7. The second-order valence-corrected chi connectivity index (χ2v) is 4.90. The van der Waals surface area contributed by atoms with Crippen LogP contribution in [0.2, 0.25) is 0 Å². The second kappa shape index (κ2) is 5.95. The minimum absolute atomic E-state index is 0.0240. The Morgan fingerprint density at radius 3 is 2.33 bits per heavy atom. The highest BCUT2D eigenvalue weighted by Crippen LogP contribution is 2.10. The molecule has 0 heterocycles. The fraction of sp³-hybridized carbons (Fsp3) is 0.909. The molecule has 0 radical (unpaired) electrons. The average molecular weight is 216 g/mol. The fourth-order valence-electron chi connectivity index (χ4n) is 1.20. The van der Waals surface area contributed by atoms with Gasteiger partial charge in [0.15, 0.2) is 0 Å². The summed E-state index contributed by atoms with van der Waals surface area (Å²) in [5.74, 6) is 0. The quantitative estimate of drug-likeness (QED) is 0.781. The molecular weight excluding hydrogens is 192 g/mol. The first kappa shape index (κ1) is 14.2. The van der Waals surface area contributed by atoms with Crippen LogP contribution in [-0.4, -0.2) is 35.7 Å². The predicted molar refractivity (Wildman–Crippen MR) is 61.7 cm³/mol. The maximum atomic E-state index is 11.7. The first-order valence-electron chi connectivity index (χ1n) is 5.49. The van der Waals surface area contributed by atoms with Crippen molar-refractivity contribution in [2.24, 2.45) is 5.73 Å². The number of hydrogen-bond acceptors (Lipinski definition) is 3. The van der Waals surface area contributed by atoms with Crippen molar-refractivity contribution in [2.45, 2.75) is 52.7 Å². The van der Waals surface area contributed by atoms with Crippen molar-refractivity contribution in [1.82, 2.24) is 4.90 Å².